The van der Waals surface area contributed by atoms with Crippen LogP contribution < -0.4 is 14.5 Å². The average Bonchev–Trinajstić information content (AvgIpc) is 3.83. The number of terminal acetylenes is 2. The second-order valence-electron chi connectivity index (χ2n) is 17.0. The number of ether oxygens (including phenoxy) is 4. The lowest BCUT2D eigenvalue weighted by atomic mass is 9.70. The molecule has 61 heavy (non-hydrogen) atoms. The number of carbonyl (C=O) groups excluding carboxylic acids is 1. The van der Waals surface area contributed by atoms with Crippen LogP contribution in [0.5, 0.6) is 11.5 Å². The molecule has 7 heterocycles. The summed E-state index contributed by atoms with van der Waals surface area (Å²) in [5.41, 5.74) is 12.2. The lowest BCUT2D eigenvalue weighted by Crippen LogP contribution is -2.49. The fourth-order valence-corrected chi connectivity index (χ4v) is 11.0. The fourth-order valence-electron chi connectivity index (χ4n) is 11.0. The third-order valence-corrected chi connectivity index (χ3v) is 13.4. The van der Waals surface area contributed by atoms with Crippen molar-refractivity contribution in [2.24, 2.45) is 0 Å². The zero-order valence-electron chi connectivity index (χ0n) is 35.1. The van der Waals surface area contributed by atoms with Gasteiger partial charge in [-0.25, -0.2) is 4.68 Å². The molecule has 12 nitrogen and oxygen atoms in total. The maximum absolute atomic E-state index is 14.9. The second-order valence-corrected chi connectivity index (χ2v) is 17.0. The minimum Gasteiger partial charge on any atom is -0.456 e. The van der Waals surface area contributed by atoms with Gasteiger partial charge in [-0.15, -0.1) is 17.9 Å². The van der Waals surface area contributed by atoms with E-state index in [2.05, 4.69) is 61.1 Å². The summed E-state index contributed by atoms with van der Waals surface area (Å²) in [6.07, 6.45) is 21.3. The molecule has 1 spiro atoms. The van der Waals surface area contributed by atoms with E-state index in [1.807, 2.05) is 23.2 Å². The molecule has 0 bridgehead atoms. The number of fused-ring (bicyclic) bond motifs is 8. The average molecular weight is 822 g/mol. The zero-order valence-corrected chi connectivity index (χ0v) is 35.1. The van der Waals surface area contributed by atoms with Gasteiger partial charge in [0.2, 0.25) is 0 Å². The van der Waals surface area contributed by atoms with E-state index in [-0.39, 0.29) is 5.91 Å². The van der Waals surface area contributed by atoms with E-state index in [4.69, 9.17) is 31.8 Å². The number of carbonyl (C=O) groups is 1. The third-order valence-electron chi connectivity index (χ3n) is 13.4. The standard InChI is InChI=1S/C49H55N7O5/c1-3-17-52(18-4-2)33-37-34-55(51-50-37)23-25-58-27-29-60-30-28-59-26-24-56-48(57)38-13-5-6-16-41(38)49(56)42-31-35-11-7-19-53-21-9-14-39(44(35)53)46(42)61-47-40-15-10-22-54-20-8-12-36(45(40)54)32-43(47)49/h1-2,5-6,13,16,31-32,34H,7-12,14-15,17-30,33H2. The molecule has 0 N–H and O–H groups in total. The Balaban J connectivity index is 0.844. The molecule has 6 aliphatic heterocycles. The van der Waals surface area contributed by atoms with E-state index in [0.29, 0.717) is 72.4 Å². The summed E-state index contributed by atoms with van der Waals surface area (Å²) in [6, 6.07) is 13.2. The minimum absolute atomic E-state index is 0.0456. The predicted molar refractivity (Wildman–Crippen MR) is 233 cm³/mol. The molecule has 3 aromatic carbocycles. The summed E-state index contributed by atoms with van der Waals surface area (Å²) < 4.78 is 27.1. The molecule has 0 radical (unpaired) electrons. The molecule has 0 aliphatic carbocycles. The van der Waals surface area contributed by atoms with Crippen molar-refractivity contribution >= 4 is 17.3 Å². The van der Waals surface area contributed by atoms with Gasteiger partial charge in [0.05, 0.1) is 65.0 Å². The van der Waals surface area contributed by atoms with Gasteiger partial charge in [-0.3, -0.25) is 9.69 Å². The van der Waals surface area contributed by atoms with Crippen LogP contribution >= 0.6 is 0 Å². The van der Waals surface area contributed by atoms with Gasteiger partial charge < -0.3 is 33.6 Å². The van der Waals surface area contributed by atoms with Crippen LogP contribution in [0.4, 0.5) is 11.4 Å². The Morgan fingerprint density at radius 3 is 1.89 bits per heavy atom. The molecule has 0 fully saturated rings. The topological polar surface area (TPSA) is 97.7 Å². The highest BCUT2D eigenvalue weighted by atomic mass is 16.5. The lowest BCUT2D eigenvalue weighted by molar-refractivity contribution is 0.00615. The number of hydrogen-bond acceptors (Lipinski definition) is 10. The van der Waals surface area contributed by atoms with Crippen LogP contribution in [0.25, 0.3) is 0 Å². The SMILES string of the molecule is C#CCN(CC#C)Cc1cn(CCOCCOCCOCCN2C(=O)c3ccccc3C23c2cc4c5c(c2Oc2c3cc3c6c2CCCN6CCC3)CCCN5CCC4)nn1. The molecule has 316 valence electrons. The van der Waals surface area contributed by atoms with Crippen molar-refractivity contribution < 1.29 is 23.7 Å². The smallest absolute Gasteiger partial charge is 0.255 e. The van der Waals surface area contributed by atoms with Gasteiger partial charge in [0, 0.05) is 84.7 Å². The minimum atomic E-state index is -0.831. The van der Waals surface area contributed by atoms with Crippen LogP contribution in [0.15, 0.2) is 42.6 Å². The number of benzene rings is 3. The number of nitrogens with zero attached hydrogens (tertiary/aromatic N) is 7. The molecule has 1 amide bonds. The van der Waals surface area contributed by atoms with Gasteiger partial charge in [0.15, 0.2) is 0 Å². The van der Waals surface area contributed by atoms with Crippen LogP contribution in [0.2, 0.25) is 0 Å². The number of aromatic nitrogens is 3. The van der Waals surface area contributed by atoms with E-state index < -0.39 is 5.54 Å². The Labute approximate surface area is 359 Å². The molecule has 0 unspecified atom stereocenters. The van der Waals surface area contributed by atoms with Crippen molar-refractivity contribution in [2.75, 3.05) is 95.3 Å². The van der Waals surface area contributed by atoms with Crippen LogP contribution in [0.3, 0.4) is 0 Å². The van der Waals surface area contributed by atoms with Crippen LogP contribution in [0.1, 0.15) is 80.7 Å². The van der Waals surface area contributed by atoms with Gasteiger partial charge in [-0.05, 0) is 86.3 Å². The molecular formula is C49H55N7O5. The van der Waals surface area contributed by atoms with Gasteiger partial charge in [-0.1, -0.05) is 35.3 Å². The molecule has 0 saturated carbocycles. The zero-order chi connectivity index (χ0) is 41.3. The Kier molecular flexibility index (Phi) is 11.2. The highest BCUT2D eigenvalue weighted by molar-refractivity contribution is 6.03. The van der Waals surface area contributed by atoms with Crippen molar-refractivity contribution in [1.82, 2.24) is 24.8 Å². The summed E-state index contributed by atoms with van der Waals surface area (Å²) in [5.74, 6) is 7.25. The second kappa shape index (κ2) is 17.2. The van der Waals surface area contributed by atoms with Crippen LogP contribution in [-0.2, 0) is 58.5 Å². The van der Waals surface area contributed by atoms with E-state index in [0.717, 1.165) is 117 Å². The van der Waals surface area contributed by atoms with Gasteiger partial charge >= 0.3 is 0 Å². The summed E-state index contributed by atoms with van der Waals surface area (Å²) in [5, 5.41) is 8.43. The van der Waals surface area contributed by atoms with E-state index in [1.165, 1.54) is 33.6 Å². The first-order chi connectivity index (χ1) is 30.1. The molecular weight excluding hydrogens is 767 g/mol. The monoisotopic (exact) mass is 821 g/mol. The quantitative estimate of drug-likeness (QED) is 0.109. The normalized spacial score (nSPS) is 17.6. The van der Waals surface area contributed by atoms with Crippen molar-refractivity contribution in [1.29, 1.82) is 0 Å². The first-order valence-electron chi connectivity index (χ1n) is 22.3. The molecule has 0 atom stereocenters. The number of aryl methyl sites for hydroxylation is 2. The van der Waals surface area contributed by atoms with E-state index in [9.17, 15) is 4.79 Å². The largest absolute Gasteiger partial charge is 0.456 e. The van der Waals surface area contributed by atoms with E-state index in [1.54, 1.807) is 4.68 Å². The Bertz CT molecular complexity index is 2290. The van der Waals surface area contributed by atoms with Crippen molar-refractivity contribution in [3.8, 4) is 36.2 Å². The predicted octanol–water partition coefficient (Wildman–Crippen LogP) is 5.35. The third kappa shape index (κ3) is 7.04. The number of hydrogen-bond donors (Lipinski definition) is 0. The Morgan fingerprint density at radius 1 is 0.721 bits per heavy atom. The molecule has 6 aliphatic rings. The Morgan fingerprint density at radius 2 is 1.28 bits per heavy atom. The lowest BCUT2D eigenvalue weighted by Gasteiger charge is -2.49. The van der Waals surface area contributed by atoms with Gasteiger partial charge in [-0.2, -0.15) is 0 Å². The maximum atomic E-state index is 14.9. The molecule has 10 rings (SSSR count). The highest BCUT2D eigenvalue weighted by Gasteiger charge is 2.58. The fraction of sp³-hybridized carbons (Fsp3) is 0.490. The van der Waals surface area contributed by atoms with E-state index >= 15 is 0 Å². The first-order valence-corrected chi connectivity index (χ1v) is 22.3. The number of amides is 1. The van der Waals surface area contributed by atoms with Crippen LogP contribution in [0, 0.1) is 24.7 Å². The van der Waals surface area contributed by atoms with Crippen molar-refractivity contribution in [3.05, 3.63) is 92.8 Å². The maximum Gasteiger partial charge on any atom is 0.255 e. The number of anilines is 2. The molecule has 12 heteroatoms. The summed E-state index contributed by atoms with van der Waals surface area (Å²) >= 11 is 0. The molecule has 1 aromatic heterocycles. The summed E-state index contributed by atoms with van der Waals surface area (Å²) in [7, 11) is 0. The summed E-state index contributed by atoms with van der Waals surface area (Å²) in [6.45, 7) is 9.44. The molecule has 0 saturated heterocycles. The van der Waals surface area contributed by atoms with Gasteiger partial charge in [0.1, 0.15) is 17.0 Å². The first kappa shape index (κ1) is 39.7. The van der Waals surface area contributed by atoms with Gasteiger partial charge in [0.25, 0.3) is 5.91 Å². The van der Waals surface area contributed by atoms with Crippen molar-refractivity contribution in [2.45, 2.75) is 70.0 Å². The Hall–Kier alpha value is -5.37. The van der Waals surface area contributed by atoms with Crippen LogP contribution in [-0.4, -0.2) is 116 Å². The molecule has 4 aromatic rings. The summed E-state index contributed by atoms with van der Waals surface area (Å²) in [4.78, 5) is 24.2. The highest BCUT2D eigenvalue weighted by Crippen LogP contribution is 2.62. The van der Waals surface area contributed by atoms with Crippen molar-refractivity contribution in [3.63, 3.8) is 0 Å². The number of rotatable bonds is 16.